The normalized spacial score (nSPS) is 15.3. The van der Waals surface area contributed by atoms with E-state index in [1.807, 2.05) is 0 Å². The van der Waals surface area contributed by atoms with Crippen molar-refractivity contribution in [2.45, 2.75) is 13.8 Å². The van der Waals surface area contributed by atoms with Crippen LogP contribution in [0.4, 0.5) is 5.13 Å². The quantitative estimate of drug-likeness (QED) is 0.604. The molecule has 0 atom stereocenters. The van der Waals surface area contributed by atoms with Crippen molar-refractivity contribution >= 4 is 34.1 Å². The van der Waals surface area contributed by atoms with Crippen LogP contribution < -0.4 is 4.90 Å². The van der Waals surface area contributed by atoms with Crippen molar-refractivity contribution in [1.82, 2.24) is 9.88 Å². The molecule has 0 spiro atoms. The van der Waals surface area contributed by atoms with Gasteiger partial charge in [-0.1, -0.05) is 11.3 Å². The molecule has 0 aliphatic carbocycles. The van der Waals surface area contributed by atoms with E-state index in [1.54, 1.807) is 23.8 Å². The maximum absolute atomic E-state index is 11.9. The fraction of sp³-hybridized carbons (Fsp3) is 0.538. The SMILES string of the molecule is CCOC(=O)c1nc(N2CCN(C)C(=O)C2)sc1C(C)=O. The van der Waals surface area contributed by atoms with Crippen molar-refractivity contribution in [2.24, 2.45) is 0 Å². The van der Waals surface area contributed by atoms with Crippen molar-refractivity contribution in [2.75, 3.05) is 38.2 Å². The van der Waals surface area contributed by atoms with Gasteiger partial charge in [-0.2, -0.15) is 0 Å². The van der Waals surface area contributed by atoms with Crippen LogP contribution in [0.5, 0.6) is 0 Å². The van der Waals surface area contributed by atoms with E-state index in [0.29, 0.717) is 18.2 Å². The first-order valence-corrected chi connectivity index (χ1v) is 7.43. The number of piperazine rings is 1. The zero-order chi connectivity index (χ0) is 15.6. The third-order valence-corrected chi connectivity index (χ3v) is 4.35. The molecular weight excluding hydrogens is 294 g/mol. The lowest BCUT2D eigenvalue weighted by Gasteiger charge is -2.31. The minimum Gasteiger partial charge on any atom is -0.461 e. The lowest BCUT2D eigenvalue weighted by molar-refractivity contribution is -0.129. The van der Waals surface area contributed by atoms with Crippen molar-refractivity contribution in [3.63, 3.8) is 0 Å². The molecule has 1 aromatic heterocycles. The minimum absolute atomic E-state index is 0.0153. The number of ketones is 1. The van der Waals surface area contributed by atoms with Crippen LogP contribution >= 0.6 is 11.3 Å². The van der Waals surface area contributed by atoms with Gasteiger partial charge in [0.05, 0.1) is 13.2 Å². The van der Waals surface area contributed by atoms with Crippen LogP contribution in [0.3, 0.4) is 0 Å². The summed E-state index contributed by atoms with van der Waals surface area (Å²) >= 11 is 1.13. The second-order valence-electron chi connectivity index (χ2n) is 4.69. The van der Waals surface area contributed by atoms with Gasteiger partial charge in [-0.3, -0.25) is 9.59 Å². The molecule has 1 aromatic rings. The van der Waals surface area contributed by atoms with Crippen LogP contribution in [-0.2, 0) is 9.53 Å². The molecule has 0 unspecified atom stereocenters. The van der Waals surface area contributed by atoms with Gasteiger partial charge in [-0.25, -0.2) is 9.78 Å². The maximum atomic E-state index is 11.9. The largest absolute Gasteiger partial charge is 0.461 e. The van der Waals surface area contributed by atoms with Gasteiger partial charge in [0.2, 0.25) is 5.91 Å². The molecule has 2 rings (SSSR count). The molecule has 0 bridgehead atoms. The average Bonchev–Trinajstić information content (AvgIpc) is 2.87. The molecule has 1 amide bonds. The number of ether oxygens (including phenoxy) is 1. The molecule has 0 aromatic carbocycles. The average molecular weight is 311 g/mol. The molecular formula is C13H17N3O4S. The summed E-state index contributed by atoms with van der Waals surface area (Å²) in [5, 5.41) is 0.504. The number of hydrogen-bond donors (Lipinski definition) is 0. The minimum atomic E-state index is -0.606. The summed E-state index contributed by atoms with van der Waals surface area (Å²) in [5.74, 6) is -0.855. The van der Waals surface area contributed by atoms with Gasteiger partial charge in [0.25, 0.3) is 0 Å². The first-order chi connectivity index (χ1) is 9.93. The molecule has 0 N–H and O–H groups in total. The monoisotopic (exact) mass is 311 g/mol. The Kier molecular flexibility index (Phi) is 4.56. The Morgan fingerprint density at radius 1 is 1.38 bits per heavy atom. The zero-order valence-electron chi connectivity index (χ0n) is 12.2. The highest BCUT2D eigenvalue weighted by Crippen LogP contribution is 2.28. The second kappa shape index (κ2) is 6.21. The Morgan fingerprint density at radius 2 is 2.10 bits per heavy atom. The predicted molar refractivity (Wildman–Crippen MR) is 77.9 cm³/mol. The lowest BCUT2D eigenvalue weighted by atomic mass is 10.3. The van der Waals surface area contributed by atoms with Crippen molar-refractivity contribution in [3.05, 3.63) is 10.6 Å². The number of carbonyl (C=O) groups excluding carboxylic acids is 3. The van der Waals surface area contributed by atoms with E-state index in [2.05, 4.69) is 4.98 Å². The Hall–Kier alpha value is -1.96. The molecule has 0 radical (unpaired) electrons. The highest BCUT2D eigenvalue weighted by Gasteiger charge is 2.28. The molecule has 114 valence electrons. The van der Waals surface area contributed by atoms with E-state index >= 15 is 0 Å². The number of thiazole rings is 1. The van der Waals surface area contributed by atoms with Crippen LogP contribution in [0.2, 0.25) is 0 Å². The summed E-state index contributed by atoms with van der Waals surface area (Å²) in [7, 11) is 1.74. The van der Waals surface area contributed by atoms with Gasteiger partial charge >= 0.3 is 5.97 Å². The summed E-state index contributed by atoms with van der Waals surface area (Å²) in [6.45, 7) is 4.70. The fourth-order valence-corrected chi connectivity index (χ4v) is 2.92. The number of Topliss-reactive ketones (excluding diaryl/α,β-unsaturated/α-hetero) is 1. The number of aromatic nitrogens is 1. The Bertz CT molecular complexity index is 584. The summed E-state index contributed by atoms with van der Waals surface area (Å²) in [6.07, 6.45) is 0. The highest BCUT2D eigenvalue weighted by molar-refractivity contribution is 7.17. The van der Waals surface area contributed by atoms with Crippen LogP contribution in [0.15, 0.2) is 0 Å². The van der Waals surface area contributed by atoms with Crippen LogP contribution in [0.25, 0.3) is 0 Å². The Balaban J connectivity index is 2.29. The zero-order valence-corrected chi connectivity index (χ0v) is 13.0. The topological polar surface area (TPSA) is 79.8 Å². The number of carbonyl (C=O) groups is 3. The fourth-order valence-electron chi connectivity index (χ4n) is 1.94. The molecule has 1 aliphatic rings. The van der Waals surface area contributed by atoms with E-state index in [0.717, 1.165) is 11.3 Å². The van der Waals surface area contributed by atoms with Crippen molar-refractivity contribution in [1.29, 1.82) is 0 Å². The van der Waals surface area contributed by atoms with Gasteiger partial charge in [0.15, 0.2) is 16.6 Å². The summed E-state index contributed by atoms with van der Waals surface area (Å²) in [5.41, 5.74) is 0.0377. The third kappa shape index (κ3) is 3.21. The van der Waals surface area contributed by atoms with Crippen LogP contribution in [0.1, 0.15) is 34.0 Å². The summed E-state index contributed by atoms with van der Waals surface area (Å²) in [6, 6.07) is 0. The number of amides is 1. The van der Waals surface area contributed by atoms with Crippen LogP contribution in [-0.4, -0.2) is 60.8 Å². The van der Waals surface area contributed by atoms with E-state index in [1.165, 1.54) is 6.92 Å². The second-order valence-corrected chi connectivity index (χ2v) is 5.67. The maximum Gasteiger partial charge on any atom is 0.358 e. The van der Waals surface area contributed by atoms with Gasteiger partial charge < -0.3 is 14.5 Å². The van der Waals surface area contributed by atoms with Gasteiger partial charge in [0.1, 0.15) is 4.88 Å². The molecule has 7 nitrogen and oxygen atoms in total. The molecule has 1 saturated heterocycles. The first kappa shape index (κ1) is 15.4. The number of nitrogens with zero attached hydrogens (tertiary/aromatic N) is 3. The molecule has 2 heterocycles. The Morgan fingerprint density at radius 3 is 2.67 bits per heavy atom. The van der Waals surface area contributed by atoms with Gasteiger partial charge in [0, 0.05) is 27.1 Å². The number of likely N-dealkylation sites (N-methyl/N-ethyl adjacent to an activating group) is 1. The smallest absolute Gasteiger partial charge is 0.358 e. The highest BCUT2D eigenvalue weighted by atomic mass is 32.1. The van der Waals surface area contributed by atoms with E-state index in [9.17, 15) is 14.4 Å². The van der Waals surface area contributed by atoms with E-state index in [-0.39, 0.29) is 35.4 Å². The molecule has 1 fully saturated rings. The lowest BCUT2D eigenvalue weighted by Crippen LogP contribution is -2.48. The summed E-state index contributed by atoms with van der Waals surface area (Å²) in [4.78, 5) is 43.2. The third-order valence-electron chi connectivity index (χ3n) is 3.13. The van der Waals surface area contributed by atoms with Crippen molar-refractivity contribution in [3.8, 4) is 0 Å². The number of rotatable bonds is 4. The molecule has 0 saturated carbocycles. The summed E-state index contributed by atoms with van der Waals surface area (Å²) < 4.78 is 4.92. The molecule has 8 heteroatoms. The number of anilines is 1. The van der Waals surface area contributed by atoms with Gasteiger partial charge in [-0.05, 0) is 6.92 Å². The first-order valence-electron chi connectivity index (χ1n) is 6.61. The van der Waals surface area contributed by atoms with E-state index in [4.69, 9.17) is 4.74 Å². The van der Waals surface area contributed by atoms with Crippen molar-refractivity contribution < 1.29 is 19.1 Å². The van der Waals surface area contributed by atoms with Gasteiger partial charge in [-0.15, -0.1) is 0 Å². The standard InChI is InChI=1S/C13H17N3O4S/c1-4-20-12(19)10-11(8(2)17)21-13(14-10)16-6-5-15(3)9(18)7-16/h4-7H2,1-3H3. The Labute approximate surface area is 126 Å². The molecule has 21 heavy (non-hydrogen) atoms. The van der Waals surface area contributed by atoms with Crippen LogP contribution in [0, 0.1) is 0 Å². The molecule has 1 aliphatic heterocycles. The number of hydrogen-bond acceptors (Lipinski definition) is 7. The number of esters is 1. The van der Waals surface area contributed by atoms with E-state index < -0.39 is 5.97 Å². The predicted octanol–water partition coefficient (Wildman–Crippen LogP) is 0.801.